The lowest BCUT2D eigenvalue weighted by atomic mass is 10.1. The predicted octanol–water partition coefficient (Wildman–Crippen LogP) is 3.57. The monoisotopic (exact) mass is 445 g/mol. The molecule has 168 valence electrons. The van der Waals surface area contributed by atoms with Crippen LogP contribution in [-0.4, -0.2) is 33.1 Å². The van der Waals surface area contributed by atoms with Gasteiger partial charge in [0, 0.05) is 36.9 Å². The van der Waals surface area contributed by atoms with Crippen molar-refractivity contribution in [1.82, 2.24) is 9.78 Å². The van der Waals surface area contributed by atoms with Gasteiger partial charge in [-0.1, -0.05) is 6.07 Å². The van der Waals surface area contributed by atoms with Gasteiger partial charge in [0.25, 0.3) is 5.69 Å². The van der Waals surface area contributed by atoms with Crippen LogP contribution in [-0.2, 0) is 22.4 Å². The molecule has 5 rings (SSSR count). The van der Waals surface area contributed by atoms with Gasteiger partial charge in [0.1, 0.15) is 5.82 Å². The maximum Gasteiger partial charge on any atom is 0.269 e. The first-order chi connectivity index (χ1) is 15.9. The fraction of sp³-hybridized carbons (Fsp3) is 0.292. The van der Waals surface area contributed by atoms with Crippen molar-refractivity contribution in [2.45, 2.75) is 32.6 Å². The number of nitrogens with one attached hydrogen (secondary N) is 1. The van der Waals surface area contributed by atoms with Crippen LogP contribution in [0.4, 0.5) is 17.2 Å². The van der Waals surface area contributed by atoms with Crippen LogP contribution in [0.1, 0.15) is 29.7 Å². The molecule has 2 heterocycles. The fourth-order valence-corrected chi connectivity index (χ4v) is 4.59. The van der Waals surface area contributed by atoms with Crippen molar-refractivity contribution < 1.29 is 14.5 Å². The summed E-state index contributed by atoms with van der Waals surface area (Å²) < 4.78 is 1.53. The van der Waals surface area contributed by atoms with Gasteiger partial charge in [-0.3, -0.25) is 19.7 Å². The van der Waals surface area contributed by atoms with E-state index in [1.54, 1.807) is 30.0 Å². The molecule has 1 aromatic heterocycles. The van der Waals surface area contributed by atoms with Gasteiger partial charge >= 0.3 is 0 Å². The lowest BCUT2D eigenvalue weighted by molar-refractivity contribution is -0.384. The van der Waals surface area contributed by atoms with E-state index in [0.717, 1.165) is 24.9 Å². The zero-order valence-corrected chi connectivity index (χ0v) is 18.2. The Kier molecular flexibility index (Phi) is 5.16. The highest BCUT2D eigenvalue weighted by molar-refractivity contribution is 6.03. The molecule has 3 aromatic rings. The molecule has 2 aromatic carbocycles. The van der Waals surface area contributed by atoms with Crippen LogP contribution in [0.2, 0.25) is 0 Å². The zero-order valence-electron chi connectivity index (χ0n) is 18.2. The number of anilines is 2. The highest BCUT2D eigenvalue weighted by atomic mass is 16.6. The van der Waals surface area contributed by atoms with E-state index in [-0.39, 0.29) is 23.9 Å². The van der Waals surface area contributed by atoms with Crippen LogP contribution in [0.3, 0.4) is 0 Å². The number of amides is 2. The lowest BCUT2D eigenvalue weighted by Crippen LogP contribution is -2.28. The standard InChI is InChI=1S/C24H23N5O4/c1-15-11-22(28(26-15)19-7-9-20(10-8-19)29(32)33)25-24(31)18-13-23(30)27(14-18)21-6-5-16-3-2-4-17(16)12-21/h5-12,18H,2-4,13-14H2,1H3,(H,25,31). The third-order valence-corrected chi connectivity index (χ3v) is 6.28. The summed E-state index contributed by atoms with van der Waals surface area (Å²) in [6.45, 7) is 2.13. The van der Waals surface area contributed by atoms with Crippen molar-refractivity contribution in [3.05, 3.63) is 75.5 Å². The maximum atomic E-state index is 13.0. The van der Waals surface area contributed by atoms with E-state index in [1.807, 2.05) is 6.07 Å². The van der Waals surface area contributed by atoms with Crippen molar-refractivity contribution >= 4 is 29.0 Å². The van der Waals surface area contributed by atoms with Gasteiger partial charge < -0.3 is 10.2 Å². The first-order valence-corrected chi connectivity index (χ1v) is 10.9. The van der Waals surface area contributed by atoms with Crippen LogP contribution in [0.25, 0.3) is 5.69 Å². The number of hydrogen-bond donors (Lipinski definition) is 1. The minimum absolute atomic E-state index is 0.0238. The summed E-state index contributed by atoms with van der Waals surface area (Å²) in [6.07, 6.45) is 3.39. The van der Waals surface area contributed by atoms with E-state index in [9.17, 15) is 19.7 Å². The number of aromatic nitrogens is 2. The van der Waals surface area contributed by atoms with E-state index in [1.165, 1.54) is 27.9 Å². The number of non-ortho nitro benzene ring substituents is 1. The first kappa shape index (κ1) is 20.9. The fourth-order valence-electron chi connectivity index (χ4n) is 4.59. The van der Waals surface area contributed by atoms with E-state index >= 15 is 0 Å². The van der Waals surface area contributed by atoms with Gasteiger partial charge in [-0.2, -0.15) is 5.10 Å². The Labute approximate surface area is 190 Å². The molecule has 9 heteroatoms. The van der Waals surface area contributed by atoms with Crippen LogP contribution in [0, 0.1) is 23.0 Å². The number of carbonyl (C=O) groups excluding carboxylic acids is 2. The number of fused-ring (bicyclic) bond motifs is 1. The largest absolute Gasteiger partial charge is 0.312 e. The molecule has 33 heavy (non-hydrogen) atoms. The summed E-state index contributed by atoms with van der Waals surface area (Å²) in [6, 6.07) is 13.8. The number of hydrogen-bond acceptors (Lipinski definition) is 5. The summed E-state index contributed by atoms with van der Waals surface area (Å²) in [5.41, 5.74) is 4.73. The van der Waals surface area contributed by atoms with Gasteiger partial charge in [-0.15, -0.1) is 0 Å². The van der Waals surface area contributed by atoms with Crippen molar-refractivity contribution in [3.8, 4) is 5.69 Å². The Morgan fingerprint density at radius 2 is 1.82 bits per heavy atom. The van der Waals surface area contributed by atoms with Gasteiger partial charge in [-0.05, 0) is 61.6 Å². The smallest absolute Gasteiger partial charge is 0.269 e. The minimum Gasteiger partial charge on any atom is -0.312 e. The summed E-state index contributed by atoms with van der Waals surface area (Å²) in [4.78, 5) is 37.9. The molecule has 1 aliphatic carbocycles. The van der Waals surface area contributed by atoms with Crippen molar-refractivity contribution in [2.75, 3.05) is 16.8 Å². The number of rotatable bonds is 5. The summed E-state index contributed by atoms with van der Waals surface area (Å²) in [5.74, 6) is -0.343. The van der Waals surface area contributed by atoms with Crippen LogP contribution in [0.15, 0.2) is 48.5 Å². The highest BCUT2D eigenvalue weighted by Gasteiger charge is 2.36. The Morgan fingerprint density at radius 1 is 1.09 bits per heavy atom. The average molecular weight is 445 g/mol. The molecule has 1 atom stereocenters. The zero-order chi connectivity index (χ0) is 23.1. The molecule has 2 amide bonds. The van der Waals surface area contributed by atoms with Gasteiger partial charge in [0.05, 0.1) is 22.2 Å². The highest BCUT2D eigenvalue weighted by Crippen LogP contribution is 2.31. The van der Waals surface area contributed by atoms with Gasteiger partial charge in [0.15, 0.2) is 0 Å². The molecule has 1 unspecified atom stereocenters. The Balaban J connectivity index is 1.32. The molecule has 1 saturated heterocycles. The van der Waals surface area contributed by atoms with E-state index in [0.29, 0.717) is 23.7 Å². The molecule has 1 N–H and O–H groups in total. The Morgan fingerprint density at radius 3 is 2.58 bits per heavy atom. The van der Waals surface area contributed by atoms with E-state index < -0.39 is 10.8 Å². The lowest BCUT2D eigenvalue weighted by Gasteiger charge is -2.18. The molecule has 9 nitrogen and oxygen atoms in total. The normalized spacial score (nSPS) is 17.3. The van der Waals surface area contributed by atoms with E-state index in [2.05, 4.69) is 22.5 Å². The van der Waals surface area contributed by atoms with Crippen LogP contribution in [0.5, 0.6) is 0 Å². The van der Waals surface area contributed by atoms with Crippen molar-refractivity contribution in [2.24, 2.45) is 5.92 Å². The third kappa shape index (κ3) is 3.97. The second kappa shape index (κ2) is 8.16. The summed E-state index contributed by atoms with van der Waals surface area (Å²) in [7, 11) is 0. The maximum absolute atomic E-state index is 13.0. The number of nitrogens with zero attached hydrogens (tertiary/aromatic N) is 4. The second-order valence-corrected chi connectivity index (χ2v) is 8.56. The minimum atomic E-state index is -0.480. The topological polar surface area (TPSA) is 110 Å². The predicted molar refractivity (Wildman–Crippen MR) is 123 cm³/mol. The molecule has 0 radical (unpaired) electrons. The van der Waals surface area contributed by atoms with E-state index in [4.69, 9.17) is 0 Å². The number of nitro groups is 1. The van der Waals surface area contributed by atoms with Crippen LogP contribution >= 0.6 is 0 Å². The molecule has 0 spiro atoms. The molecule has 1 aliphatic heterocycles. The van der Waals surface area contributed by atoms with Crippen molar-refractivity contribution in [1.29, 1.82) is 0 Å². The average Bonchev–Trinajstić information content (AvgIpc) is 3.51. The SMILES string of the molecule is Cc1cc(NC(=O)C2CC(=O)N(c3ccc4c(c3)CCC4)C2)n(-c2ccc([N+](=O)[O-])cc2)n1. The number of benzene rings is 2. The number of carbonyl (C=O) groups is 2. The van der Waals surface area contributed by atoms with Crippen LogP contribution < -0.4 is 10.2 Å². The third-order valence-electron chi connectivity index (χ3n) is 6.28. The first-order valence-electron chi connectivity index (χ1n) is 10.9. The Bertz CT molecular complexity index is 1260. The number of nitro benzene ring substituents is 1. The summed E-state index contributed by atoms with van der Waals surface area (Å²) >= 11 is 0. The van der Waals surface area contributed by atoms with Crippen molar-refractivity contribution in [3.63, 3.8) is 0 Å². The summed E-state index contributed by atoms with van der Waals surface area (Å²) in [5, 5.41) is 18.2. The molecule has 0 bridgehead atoms. The molecule has 2 aliphatic rings. The molecule has 1 fully saturated rings. The Hall–Kier alpha value is -4.01. The molecule has 0 saturated carbocycles. The second-order valence-electron chi connectivity index (χ2n) is 8.56. The molecular formula is C24H23N5O4. The number of aryl methyl sites for hydroxylation is 3. The quantitative estimate of drug-likeness (QED) is 0.477. The van der Waals surface area contributed by atoms with Gasteiger partial charge in [-0.25, -0.2) is 4.68 Å². The van der Waals surface area contributed by atoms with Gasteiger partial charge in [0.2, 0.25) is 11.8 Å². The molecular weight excluding hydrogens is 422 g/mol.